The van der Waals surface area contributed by atoms with Gasteiger partial charge in [0.05, 0.1) is 14.2 Å². The van der Waals surface area contributed by atoms with Gasteiger partial charge < -0.3 is 14.8 Å². The molecule has 0 bridgehead atoms. The van der Waals surface area contributed by atoms with Crippen LogP contribution in [0.15, 0.2) is 36.4 Å². The van der Waals surface area contributed by atoms with E-state index in [1.165, 1.54) is 7.11 Å². The predicted octanol–water partition coefficient (Wildman–Crippen LogP) is 3.01. The van der Waals surface area contributed by atoms with E-state index in [-0.39, 0.29) is 17.9 Å². The molecule has 1 N–H and O–H groups in total. The molecule has 2 atom stereocenters. The number of methoxy groups -OCH3 is 2. The van der Waals surface area contributed by atoms with Gasteiger partial charge in [-0.3, -0.25) is 0 Å². The minimum absolute atomic E-state index is 0.207. The Bertz CT molecular complexity index is 467. The van der Waals surface area contributed by atoms with Crippen LogP contribution in [0.2, 0.25) is 0 Å². The Morgan fingerprint density at radius 1 is 1.25 bits per heavy atom. The summed E-state index contributed by atoms with van der Waals surface area (Å²) in [6.45, 7) is 0. The number of allylic oxidation sites excluding steroid dienone is 2. The molecule has 1 aromatic rings. The number of carbonyl (C=O) groups excluding carboxylic acids is 1. The van der Waals surface area contributed by atoms with E-state index in [2.05, 4.69) is 17.5 Å². The summed E-state index contributed by atoms with van der Waals surface area (Å²) in [5.41, 5.74) is 0.899. The third kappa shape index (κ3) is 3.53. The monoisotopic (exact) mass is 275 g/mol. The van der Waals surface area contributed by atoms with Gasteiger partial charge in [-0.05, 0) is 49.4 Å². The molecular formula is C16H21NO3. The highest BCUT2D eigenvalue weighted by Gasteiger charge is 2.29. The van der Waals surface area contributed by atoms with E-state index in [1.54, 1.807) is 7.11 Å². The topological polar surface area (TPSA) is 47.6 Å². The highest BCUT2D eigenvalue weighted by atomic mass is 16.5. The first-order valence-corrected chi connectivity index (χ1v) is 6.88. The van der Waals surface area contributed by atoms with Crippen molar-refractivity contribution in [2.24, 2.45) is 5.92 Å². The molecule has 0 radical (unpaired) electrons. The summed E-state index contributed by atoms with van der Waals surface area (Å²) in [5, 5.41) is 3.29. The number of hydrogen-bond acceptors (Lipinski definition) is 4. The second kappa shape index (κ2) is 6.98. The maximum atomic E-state index is 12.0. The van der Waals surface area contributed by atoms with Gasteiger partial charge in [0.1, 0.15) is 11.8 Å². The first kappa shape index (κ1) is 14.4. The van der Waals surface area contributed by atoms with Crippen LogP contribution in [0.4, 0.5) is 5.69 Å². The summed E-state index contributed by atoms with van der Waals surface area (Å²) in [7, 11) is 3.07. The molecule has 0 spiro atoms. The molecule has 0 aromatic heterocycles. The Kier molecular flexibility index (Phi) is 5.04. The Morgan fingerprint density at radius 3 is 2.55 bits per heavy atom. The normalized spacial score (nSPS) is 19.2. The van der Waals surface area contributed by atoms with Crippen LogP contribution in [0.25, 0.3) is 0 Å². The van der Waals surface area contributed by atoms with E-state index in [1.807, 2.05) is 24.3 Å². The zero-order valence-corrected chi connectivity index (χ0v) is 12.0. The fraction of sp³-hybridized carbons (Fsp3) is 0.438. The molecule has 1 aliphatic carbocycles. The van der Waals surface area contributed by atoms with Gasteiger partial charge in [-0.1, -0.05) is 12.2 Å². The summed E-state index contributed by atoms with van der Waals surface area (Å²) in [6, 6.07) is 7.26. The lowest BCUT2D eigenvalue weighted by molar-refractivity contribution is -0.142. The molecule has 4 heteroatoms. The van der Waals surface area contributed by atoms with Crippen molar-refractivity contribution in [3.05, 3.63) is 36.4 Å². The van der Waals surface area contributed by atoms with Gasteiger partial charge in [0, 0.05) is 5.69 Å². The second-order valence-corrected chi connectivity index (χ2v) is 4.92. The van der Waals surface area contributed by atoms with Crippen molar-refractivity contribution in [1.29, 1.82) is 0 Å². The van der Waals surface area contributed by atoms with Crippen LogP contribution >= 0.6 is 0 Å². The van der Waals surface area contributed by atoms with E-state index in [9.17, 15) is 4.79 Å². The van der Waals surface area contributed by atoms with Crippen molar-refractivity contribution < 1.29 is 14.3 Å². The molecule has 2 unspecified atom stereocenters. The van der Waals surface area contributed by atoms with Gasteiger partial charge in [-0.15, -0.1) is 0 Å². The summed E-state index contributed by atoms with van der Waals surface area (Å²) in [4.78, 5) is 12.0. The number of carbonyl (C=O) groups is 1. The minimum atomic E-state index is -0.307. The minimum Gasteiger partial charge on any atom is -0.497 e. The molecule has 0 saturated heterocycles. The lowest BCUT2D eigenvalue weighted by Gasteiger charge is -2.27. The quantitative estimate of drug-likeness (QED) is 0.663. The Hall–Kier alpha value is -1.97. The Labute approximate surface area is 119 Å². The Balaban J connectivity index is 2.10. The highest BCUT2D eigenvalue weighted by Crippen LogP contribution is 2.26. The first-order valence-electron chi connectivity index (χ1n) is 6.88. The summed E-state index contributed by atoms with van der Waals surface area (Å²) in [6.07, 6.45) is 7.23. The van der Waals surface area contributed by atoms with Crippen molar-refractivity contribution in [2.75, 3.05) is 19.5 Å². The molecule has 1 aromatic carbocycles. The van der Waals surface area contributed by atoms with Crippen LogP contribution in [-0.2, 0) is 9.53 Å². The van der Waals surface area contributed by atoms with Crippen LogP contribution in [0, 0.1) is 5.92 Å². The summed E-state index contributed by atoms with van der Waals surface area (Å²) in [5.74, 6) is 0.862. The largest absolute Gasteiger partial charge is 0.497 e. The van der Waals surface area contributed by atoms with Gasteiger partial charge in [0.2, 0.25) is 0 Å². The van der Waals surface area contributed by atoms with Crippen LogP contribution < -0.4 is 10.1 Å². The van der Waals surface area contributed by atoms with Gasteiger partial charge in [-0.2, -0.15) is 0 Å². The molecule has 0 amide bonds. The van der Waals surface area contributed by atoms with Crippen molar-refractivity contribution in [3.63, 3.8) is 0 Å². The molecule has 4 nitrogen and oxygen atoms in total. The highest BCUT2D eigenvalue weighted by molar-refractivity contribution is 5.79. The molecule has 0 saturated carbocycles. The number of rotatable bonds is 5. The molecular weight excluding hydrogens is 254 g/mol. The maximum absolute atomic E-state index is 12.0. The fourth-order valence-electron chi connectivity index (χ4n) is 2.48. The van der Waals surface area contributed by atoms with Crippen LogP contribution in [0.1, 0.15) is 19.3 Å². The van der Waals surface area contributed by atoms with Gasteiger partial charge in [0.25, 0.3) is 0 Å². The van der Waals surface area contributed by atoms with E-state index < -0.39 is 0 Å². The van der Waals surface area contributed by atoms with Crippen molar-refractivity contribution in [1.82, 2.24) is 0 Å². The maximum Gasteiger partial charge on any atom is 0.328 e. The third-order valence-corrected chi connectivity index (χ3v) is 3.65. The standard InChI is InChI=1S/C16H21NO3/c1-19-14-10-8-13(9-11-14)17-15(16(18)20-2)12-6-4-3-5-7-12/h3-4,8-12,15,17H,5-7H2,1-2H3. The smallest absolute Gasteiger partial charge is 0.328 e. The third-order valence-electron chi connectivity index (χ3n) is 3.65. The van der Waals surface area contributed by atoms with E-state index in [0.717, 1.165) is 30.7 Å². The molecule has 108 valence electrons. The summed E-state index contributed by atoms with van der Waals surface area (Å²) >= 11 is 0. The lowest BCUT2D eigenvalue weighted by Crippen LogP contribution is -2.38. The molecule has 2 rings (SSSR count). The average molecular weight is 275 g/mol. The van der Waals surface area contributed by atoms with E-state index >= 15 is 0 Å². The zero-order valence-electron chi connectivity index (χ0n) is 12.0. The van der Waals surface area contributed by atoms with Crippen LogP contribution in [0.5, 0.6) is 5.75 Å². The number of ether oxygens (including phenoxy) is 2. The van der Waals surface area contributed by atoms with Crippen LogP contribution in [0.3, 0.4) is 0 Å². The second-order valence-electron chi connectivity index (χ2n) is 4.92. The lowest BCUT2D eigenvalue weighted by atomic mass is 9.87. The number of esters is 1. The molecule has 0 heterocycles. The number of nitrogens with one attached hydrogen (secondary N) is 1. The summed E-state index contributed by atoms with van der Waals surface area (Å²) < 4.78 is 10.1. The SMILES string of the molecule is COC(=O)C(Nc1ccc(OC)cc1)C1CC=CCC1. The van der Waals surface area contributed by atoms with Crippen molar-refractivity contribution >= 4 is 11.7 Å². The van der Waals surface area contributed by atoms with Crippen molar-refractivity contribution in [2.45, 2.75) is 25.3 Å². The van der Waals surface area contributed by atoms with E-state index in [4.69, 9.17) is 9.47 Å². The predicted molar refractivity (Wildman–Crippen MR) is 78.9 cm³/mol. The number of hydrogen-bond donors (Lipinski definition) is 1. The molecule has 1 aliphatic rings. The number of benzene rings is 1. The van der Waals surface area contributed by atoms with Gasteiger partial charge in [-0.25, -0.2) is 4.79 Å². The fourth-order valence-corrected chi connectivity index (χ4v) is 2.48. The van der Waals surface area contributed by atoms with E-state index in [0.29, 0.717) is 0 Å². The molecule has 0 fully saturated rings. The molecule has 0 aliphatic heterocycles. The average Bonchev–Trinajstić information content (AvgIpc) is 2.53. The first-order chi connectivity index (χ1) is 9.74. The van der Waals surface area contributed by atoms with Gasteiger partial charge >= 0.3 is 5.97 Å². The molecule has 20 heavy (non-hydrogen) atoms. The van der Waals surface area contributed by atoms with Crippen LogP contribution in [-0.4, -0.2) is 26.2 Å². The Morgan fingerprint density at radius 2 is 2.00 bits per heavy atom. The zero-order chi connectivity index (χ0) is 14.4. The van der Waals surface area contributed by atoms with Crippen molar-refractivity contribution in [3.8, 4) is 5.75 Å². The number of anilines is 1. The van der Waals surface area contributed by atoms with Gasteiger partial charge in [0.15, 0.2) is 0 Å².